The van der Waals surface area contributed by atoms with Crippen molar-refractivity contribution in [2.24, 2.45) is 0 Å². The van der Waals surface area contributed by atoms with Gasteiger partial charge in [0.05, 0.1) is 11.0 Å². The summed E-state index contributed by atoms with van der Waals surface area (Å²) in [6.07, 6.45) is 0. The van der Waals surface area contributed by atoms with E-state index in [0.717, 1.165) is 11.2 Å². The smallest absolute Gasteiger partial charge is 0.135 e. The van der Waals surface area contributed by atoms with Gasteiger partial charge in [-0.25, -0.2) is 0 Å². The first kappa shape index (κ1) is 26.4. The average molecular weight is 602 g/mol. The maximum atomic E-state index is 6.33. The van der Waals surface area contributed by atoms with Gasteiger partial charge in [0.1, 0.15) is 11.2 Å². The summed E-state index contributed by atoms with van der Waals surface area (Å²) in [6.45, 7) is 4.74. The van der Waals surface area contributed by atoms with E-state index < -0.39 is 0 Å². The zero-order chi connectivity index (χ0) is 31.3. The molecule has 7 aromatic carbocycles. The number of hydrogen-bond donors (Lipinski definition) is 0. The van der Waals surface area contributed by atoms with Crippen LogP contribution in [0.3, 0.4) is 0 Å². The second-order valence-corrected chi connectivity index (χ2v) is 13.3. The maximum Gasteiger partial charge on any atom is 0.135 e. The molecule has 2 heterocycles. The van der Waals surface area contributed by atoms with Gasteiger partial charge < -0.3 is 8.98 Å². The molecular formula is C45H31NO. The second kappa shape index (κ2) is 9.57. The highest BCUT2D eigenvalue weighted by atomic mass is 16.3. The van der Waals surface area contributed by atoms with Crippen molar-refractivity contribution in [1.82, 2.24) is 4.57 Å². The van der Waals surface area contributed by atoms with Crippen LogP contribution in [0.4, 0.5) is 0 Å². The molecule has 0 unspecified atom stereocenters. The summed E-state index contributed by atoms with van der Waals surface area (Å²) in [6, 6.07) is 55.1. The highest BCUT2D eigenvalue weighted by Gasteiger charge is 2.38. The van der Waals surface area contributed by atoms with Crippen molar-refractivity contribution in [3.8, 4) is 39.1 Å². The van der Waals surface area contributed by atoms with Gasteiger partial charge in [0.2, 0.25) is 0 Å². The molecule has 2 aromatic heterocycles. The van der Waals surface area contributed by atoms with Gasteiger partial charge >= 0.3 is 0 Å². The number of para-hydroxylation sites is 1. The lowest BCUT2D eigenvalue weighted by atomic mass is 9.80. The number of aromatic nitrogens is 1. The third-order valence-electron chi connectivity index (χ3n) is 10.4. The van der Waals surface area contributed by atoms with Crippen molar-refractivity contribution in [2.45, 2.75) is 19.3 Å². The Hall–Kier alpha value is -5.86. The molecule has 0 spiro atoms. The summed E-state index contributed by atoms with van der Waals surface area (Å²) in [7, 11) is 0. The number of hydrogen-bond acceptors (Lipinski definition) is 1. The molecular weight excluding hydrogens is 571 g/mol. The quantitative estimate of drug-likeness (QED) is 0.197. The molecule has 222 valence electrons. The predicted molar refractivity (Wildman–Crippen MR) is 196 cm³/mol. The molecule has 0 fully saturated rings. The standard InChI is InChI=1S/C45H31NO/c1-45(2)38-27-32(19-20-33(38)34-21-24-42-43(44(34)45)35-15-9-10-16-41(35)47-42)46-39-22-17-30(28-11-5-3-6-12-28)25-36(39)37-26-31(18-23-40(37)46)29-13-7-4-8-14-29/h3-27H,1-2H3. The van der Waals surface area contributed by atoms with Crippen LogP contribution in [-0.2, 0) is 5.41 Å². The van der Waals surface area contributed by atoms with E-state index in [9.17, 15) is 0 Å². The van der Waals surface area contributed by atoms with Crippen LogP contribution in [0.15, 0.2) is 156 Å². The molecule has 2 heteroatoms. The molecule has 0 aliphatic heterocycles. The molecule has 0 amide bonds. The Morgan fingerprint density at radius 2 is 1.06 bits per heavy atom. The Kier molecular flexibility index (Phi) is 5.37. The SMILES string of the molecule is CC1(C)c2cc(-n3c4ccc(-c5ccccc5)cc4c4cc(-c5ccccc5)ccc43)ccc2-c2ccc3oc4ccccc4c3c21. The van der Waals surface area contributed by atoms with E-state index in [1.54, 1.807) is 0 Å². The lowest BCUT2D eigenvalue weighted by Gasteiger charge is -2.23. The topological polar surface area (TPSA) is 18.1 Å². The Balaban J connectivity index is 1.21. The number of furan rings is 1. The normalized spacial score (nSPS) is 13.5. The third-order valence-corrected chi connectivity index (χ3v) is 10.4. The Bertz CT molecular complexity index is 2590. The number of benzene rings is 7. The van der Waals surface area contributed by atoms with E-state index in [1.165, 1.54) is 82.8 Å². The van der Waals surface area contributed by atoms with E-state index >= 15 is 0 Å². The summed E-state index contributed by atoms with van der Waals surface area (Å²) >= 11 is 0. The molecule has 0 atom stereocenters. The van der Waals surface area contributed by atoms with E-state index in [1.807, 2.05) is 0 Å². The van der Waals surface area contributed by atoms with Crippen LogP contribution in [0.1, 0.15) is 25.0 Å². The minimum absolute atomic E-state index is 0.202. The Labute approximate surface area is 273 Å². The van der Waals surface area contributed by atoms with Crippen molar-refractivity contribution in [3.63, 3.8) is 0 Å². The van der Waals surface area contributed by atoms with Crippen molar-refractivity contribution in [2.75, 3.05) is 0 Å². The summed E-state index contributed by atoms with van der Waals surface area (Å²) in [5, 5.41) is 4.94. The molecule has 0 bridgehead atoms. The first-order valence-electron chi connectivity index (χ1n) is 16.4. The highest BCUT2D eigenvalue weighted by molar-refractivity contribution is 6.13. The molecule has 47 heavy (non-hydrogen) atoms. The van der Waals surface area contributed by atoms with Gasteiger partial charge in [-0.05, 0) is 93.0 Å². The number of nitrogens with zero attached hydrogens (tertiary/aromatic N) is 1. The van der Waals surface area contributed by atoms with Gasteiger partial charge in [-0.3, -0.25) is 0 Å². The first-order chi connectivity index (χ1) is 23.1. The van der Waals surface area contributed by atoms with Gasteiger partial charge in [0, 0.05) is 32.6 Å². The Morgan fingerprint density at radius 1 is 0.468 bits per heavy atom. The van der Waals surface area contributed by atoms with Crippen LogP contribution >= 0.6 is 0 Å². The van der Waals surface area contributed by atoms with Crippen molar-refractivity contribution < 1.29 is 4.42 Å². The van der Waals surface area contributed by atoms with Gasteiger partial charge in [0.25, 0.3) is 0 Å². The third kappa shape index (κ3) is 3.73. The van der Waals surface area contributed by atoms with Gasteiger partial charge in [-0.1, -0.05) is 117 Å². The first-order valence-corrected chi connectivity index (χ1v) is 16.4. The molecule has 1 aliphatic rings. The Morgan fingerprint density at radius 3 is 1.72 bits per heavy atom. The van der Waals surface area contributed by atoms with Gasteiger partial charge in [0.15, 0.2) is 0 Å². The van der Waals surface area contributed by atoms with Gasteiger partial charge in [-0.2, -0.15) is 0 Å². The fourth-order valence-electron chi connectivity index (χ4n) is 8.17. The molecule has 2 nitrogen and oxygen atoms in total. The van der Waals surface area contributed by atoms with E-state index in [2.05, 4.69) is 170 Å². The summed E-state index contributed by atoms with van der Waals surface area (Å²) in [4.78, 5) is 0. The molecule has 0 radical (unpaired) electrons. The highest BCUT2D eigenvalue weighted by Crippen LogP contribution is 2.53. The molecule has 1 aliphatic carbocycles. The largest absolute Gasteiger partial charge is 0.456 e. The fraction of sp³-hybridized carbons (Fsp3) is 0.0667. The zero-order valence-corrected chi connectivity index (χ0v) is 26.3. The molecule has 9 aromatic rings. The lowest BCUT2D eigenvalue weighted by Crippen LogP contribution is -2.15. The summed E-state index contributed by atoms with van der Waals surface area (Å²) < 4.78 is 8.78. The molecule has 0 N–H and O–H groups in total. The van der Waals surface area contributed by atoms with E-state index in [0.29, 0.717) is 0 Å². The minimum atomic E-state index is -0.202. The predicted octanol–water partition coefficient (Wildman–Crippen LogP) is 12.3. The summed E-state index contributed by atoms with van der Waals surface area (Å²) in [5.74, 6) is 0. The van der Waals surface area contributed by atoms with Gasteiger partial charge in [-0.15, -0.1) is 0 Å². The van der Waals surface area contributed by atoms with Crippen LogP contribution < -0.4 is 0 Å². The van der Waals surface area contributed by atoms with E-state index in [-0.39, 0.29) is 5.41 Å². The van der Waals surface area contributed by atoms with Crippen LogP contribution in [0.2, 0.25) is 0 Å². The number of rotatable bonds is 3. The fourth-order valence-corrected chi connectivity index (χ4v) is 8.17. The van der Waals surface area contributed by atoms with Crippen LogP contribution in [0, 0.1) is 0 Å². The second-order valence-electron chi connectivity index (χ2n) is 13.3. The van der Waals surface area contributed by atoms with Crippen LogP contribution in [-0.4, -0.2) is 4.57 Å². The monoisotopic (exact) mass is 601 g/mol. The molecule has 0 saturated carbocycles. The van der Waals surface area contributed by atoms with Crippen molar-refractivity contribution >= 4 is 43.7 Å². The van der Waals surface area contributed by atoms with Crippen LogP contribution in [0.25, 0.3) is 82.8 Å². The van der Waals surface area contributed by atoms with E-state index in [4.69, 9.17) is 4.42 Å². The minimum Gasteiger partial charge on any atom is -0.456 e. The zero-order valence-electron chi connectivity index (χ0n) is 26.3. The van der Waals surface area contributed by atoms with Crippen molar-refractivity contribution in [3.05, 3.63) is 163 Å². The van der Waals surface area contributed by atoms with Crippen molar-refractivity contribution in [1.29, 1.82) is 0 Å². The maximum absolute atomic E-state index is 6.33. The summed E-state index contributed by atoms with van der Waals surface area (Å²) in [5.41, 5.74) is 15.5. The average Bonchev–Trinajstić information content (AvgIpc) is 3.73. The number of fused-ring (bicyclic) bond motifs is 10. The molecule has 10 rings (SSSR count). The lowest BCUT2D eigenvalue weighted by molar-refractivity contribution is 0.656. The molecule has 0 saturated heterocycles. The van der Waals surface area contributed by atoms with Crippen LogP contribution in [0.5, 0.6) is 0 Å².